The fourth-order valence-corrected chi connectivity index (χ4v) is 4.69. The van der Waals surface area contributed by atoms with Crippen molar-refractivity contribution in [3.8, 4) is 0 Å². The van der Waals surface area contributed by atoms with Crippen molar-refractivity contribution in [2.75, 3.05) is 33.0 Å². The van der Waals surface area contributed by atoms with E-state index >= 15 is 0 Å². The maximum Gasteiger partial charge on any atom is 0.472 e. The van der Waals surface area contributed by atoms with E-state index in [1.165, 1.54) is 64.2 Å². The monoisotopic (exact) mass is 563 g/mol. The molecule has 9 heteroatoms. The number of unbranched alkanes of at least 4 members (excludes halogenated alkanes) is 14. The predicted octanol–water partition coefficient (Wildman–Crippen LogP) is 7.62. The van der Waals surface area contributed by atoms with Gasteiger partial charge in [-0.15, -0.1) is 0 Å². The summed E-state index contributed by atoms with van der Waals surface area (Å²) in [6, 6.07) is 0. The SMILES string of the molecule is CCCCC/C=C\CCCCCCCC(=O)OC(COCCCCCCCCC)COP(=O)(O)OCCN. The molecule has 0 aromatic carbocycles. The zero-order chi connectivity index (χ0) is 28.2. The fraction of sp³-hybridized carbons (Fsp3) is 0.897. The summed E-state index contributed by atoms with van der Waals surface area (Å²) in [7, 11) is -4.25. The number of phosphoric acid groups is 1. The Morgan fingerprint density at radius 2 is 1.32 bits per heavy atom. The van der Waals surface area contributed by atoms with Crippen molar-refractivity contribution < 1.29 is 32.8 Å². The van der Waals surface area contributed by atoms with Crippen molar-refractivity contribution >= 4 is 13.8 Å². The fourth-order valence-electron chi connectivity index (χ4n) is 3.93. The second-order valence-electron chi connectivity index (χ2n) is 9.97. The number of esters is 1. The van der Waals surface area contributed by atoms with E-state index in [2.05, 4.69) is 26.0 Å². The van der Waals surface area contributed by atoms with Gasteiger partial charge in [-0.05, 0) is 38.5 Å². The Morgan fingerprint density at radius 3 is 1.97 bits per heavy atom. The van der Waals surface area contributed by atoms with Gasteiger partial charge in [0.1, 0.15) is 6.10 Å². The molecule has 38 heavy (non-hydrogen) atoms. The summed E-state index contributed by atoms with van der Waals surface area (Å²) in [5.41, 5.74) is 5.31. The molecule has 0 fully saturated rings. The second kappa shape index (κ2) is 27.8. The van der Waals surface area contributed by atoms with Crippen molar-refractivity contribution in [3.05, 3.63) is 12.2 Å². The first-order valence-corrected chi connectivity index (χ1v) is 16.7. The first-order valence-electron chi connectivity index (χ1n) is 15.2. The van der Waals surface area contributed by atoms with Crippen LogP contribution in [0.1, 0.15) is 129 Å². The molecule has 8 nitrogen and oxygen atoms in total. The smallest absolute Gasteiger partial charge is 0.457 e. The minimum absolute atomic E-state index is 0.0950. The van der Waals surface area contributed by atoms with Crippen LogP contribution in [0.5, 0.6) is 0 Å². The summed E-state index contributed by atoms with van der Waals surface area (Å²) < 4.78 is 32.9. The van der Waals surface area contributed by atoms with Crippen LogP contribution < -0.4 is 5.73 Å². The molecule has 2 unspecified atom stereocenters. The van der Waals surface area contributed by atoms with E-state index in [4.69, 9.17) is 24.3 Å². The van der Waals surface area contributed by atoms with Gasteiger partial charge in [0.15, 0.2) is 0 Å². The van der Waals surface area contributed by atoms with Crippen LogP contribution in [0.15, 0.2) is 12.2 Å². The molecular formula is C29H58NO7P. The highest BCUT2D eigenvalue weighted by molar-refractivity contribution is 7.47. The third-order valence-corrected chi connectivity index (χ3v) is 7.17. The molecule has 0 saturated heterocycles. The number of carbonyl (C=O) groups excluding carboxylic acids is 1. The molecule has 0 rings (SSSR count). The first-order chi connectivity index (χ1) is 18.4. The molecule has 0 aliphatic heterocycles. The average molecular weight is 564 g/mol. The molecule has 0 heterocycles. The van der Waals surface area contributed by atoms with Crippen LogP contribution in [0.3, 0.4) is 0 Å². The van der Waals surface area contributed by atoms with Crippen LogP contribution in [0.2, 0.25) is 0 Å². The van der Waals surface area contributed by atoms with Gasteiger partial charge < -0.3 is 20.1 Å². The topological polar surface area (TPSA) is 117 Å². The van der Waals surface area contributed by atoms with Crippen LogP contribution in [0.4, 0.5) is 0 Å². The number of hydrogen-bond acceptors (Lipinski definition) is 7. The lowest BCUT2D eigenvalue weighted by Gasteiger charge is -2.20. The number of carbonyl (C=O) groups is 1. The number of allylic oxidation sites excluding steroid dienone is 2. The van der Waals surface area contributed by atoms with Crippen molar-refractivity contribution in [2.45, 2.75) is 136 Å². The average Bonchev–Trinajstić information content (AvgIpc) is 2.90. The molecule has 3 N–H and O–H groups in total. The summed E-state index contributed by atoms with van der Waals surface area (Å²) in [5.74, 6) is -0.344. The molecule has 0 saturated carbocycles. The van der Waals surface area contributed by atoms with Crippen molar-refractivity contribution in [2.24, 2.45) is 5.73 Å². The van der Waals surface area contributed by atoms with Crippen LogP contribution in [-0.4, -0.2) is 49.9 Å². The maximum atomic E-state index is 12.4. The second-order valence-corrected chi connectivity index (χ2v) is 11.4. The molecule has 0 amide bonds. The van der Waals surface area contributed by atoms with E-state index < -0.39 is 13.9 Å². The van der Waals surface area contributed by atoms with Crippen LogP contribution in [0.25, 0.3) is 0 Å². The van der Waals surface area contributed by atoms with Gasteiger partial charge in [0.05, 0.1) is 19.8 Å². The van der Waals surface area contributed by atoms with Crippen LogP contribution >= 0.6 is 7.82 Å². The number of nitrogens with two attached hydrogens (primary N) is 1. The quantitative estimate of drug-likeness (QED) is 0.0413. The normalized spacial score (nSPS) is 14.1. The lowest BCUT2D eigenvalue weighted by Crippen LogP contribution is -2.28. The van der Waals surface area contributed by atoms with Gasteiger partial charge in [0.2, 0.25) is 0 Å². The van der Waals surface area contributed by atoms with E-state index in [1.54, 1.807) is 0 Å². The van der Waals surface area contributed by atoms with Crippen molar-refractivity contribution in [3.63, 3.8) is 0 Å². The Bertz CT molecular complexity index is 603. The summed E-state index contributed by atoms with van der Waals surface area (Å²) in [5, 5.41) is 0. The molecule has 0 aliphatic rings. The van der Waals surface area contributed by atoms with E-state index in [-0.39, 0.29) is 32.3 Å². The minimum atomic E-state index is -4.25. The van der Waals surface area contributed by atoms with Gasteiger partial charge in [-0.1, -0.05) is 96.6 Å². The zero-order valence-corrected chi connectivity index (χ0v) is 25.3. The highest BCUT2D eigenvalue weighted by atomic mass is 31.2. The number of rotatable bonds is 29. The third-order valence-electron chi connectivity index (χ3n) is 6.18. The summed E-state index contributed by atoms with van der Waals surface area (Å²) in [6.07, 6.45) is 23.7. The Morgan fingerprint density at radius 1 is 0.763 bits per heavy atom. The standard InChI is InChI=1S/C29H58NO7P/c1-3-5-7-9-11-12-13-14-15-16-18-20-22-29(31)37-28(27-36-38(32,33)35-25-23-30)26-34-24-21-19-17-10-8-6-4-2/h11-12,28H,3-10,13-27,30H2,1-2H3,(H,32,33)/b12-11-. The van der Waals surface area contributed by atoms with E-state index in [0.717, 1.165) is 44.9 Å². The Kier molecular flexibility index (Phi) is 27.2. The van der Waals surface area contributed by atoms with Crippen molar-refractivity contribution in [1.82, 2.24) is 0 Å². The highest BCUT2D eigenvalue weighted by Gasteiger charge is 2.25. The molecule has 0 spiro atoms. The maximum absolute atomic E-state index is 12.4. The summed E-state index contributed by atoms with van der Waals surface area (Å²) in [6.45, 7) is 4.83. The highest BCUT2D eigenvalue weighted by Crippen LogP contribution is 2.43. The van der Waals surface area contributed by atoms with Gasteiger partial charge in [-0.3, -0.25) is 13.8 Å². The summed E-state index contributed by atoms with van der Waals surface area (Å²) in [4.78, 5) is 22.1. The molecule has 0 bridgehead atoms. The Labute approximate surface area is 233 Å². The Balaban J connectivity index is 4.18. The minimum Gasteiger partial charge on any atom is -0.457 e. The van der Waals surface area contributed by atoms with Crippen LogP contribution in [-0.2, 0) is 27.9 Å². The lowest BCUT2D eigenvalue weighted by molar-refractivity contribution is -0.154. The molecule has 226 valence electrons. The predicted molar refractivity (Wildman–Crippen MR) is 155 cm³/mol. The van der Waals surface area contributed by atoms with Crippen molar-refractivity contribution in [1.29, 1.82) is 0 Å². The number of phosphoric ester groups is 1. The largest absolute Gasteiger partial charge is 0.472 e. The molecule has 0 aliphatic carbocycles. The van der Waals surface area contributed by atoms with Crippen LogP contribution in [0, 0.1) is 0 Å². The molecule has 0 aromatic rings. The van der Waals surface area contributed by atoms with Gasteiger partial charge in [-0.2, -0.15) is 0 Å². The number of hydrogen-bond donors (Lipinski definition) is 2. The summed E-state index contributed by atoms with van der Waals surface area (Å²) >= 11 is 0. The van der Waals surface area contributed by atoms with E-state index in [1.807, 2.05) is 0 Å². The molecule has 0 aromatic heterocycles. The zero-order valence-electron chi connectivity index (χ0n) is 24.4. The van der Waals surface area contributed by atoms with Gasteiger partial charge in [0.25, 0.3) is 0 Å². The lowest BCUT2D eigenvalue weighted by atomic mass is 10.1. The molecule has 0 radical (unpaired) electrons. The van der Waals surface area contributed by atoms with Gasteiger partial charge >= 0.3 is 13.8 Å². The third kappa shape index (κ3) is 26.8. The molecular weight excluding hydrogens is 505 g/mol. The van der Waals surface area contributed by atoms with Gasteiger partial charge in [0, 0.05) is 19.6 Å². The Hall–Kier alpha value is -0.760. The van der Waals surface area contributed by atoms with E-state index in [9.17, 15) is 14.3 Å². The van der Waals surface area contributed by atoms with Gasteiger partial charge in [-0.25, -0.2) is 4.57 Å². The molecule has 2 atom stereocenters. The first kappa shape index (κ1) is 37.2. The number of ether oxygens (including phenoxy) is 2. The van der Waals surface area contributed by atoms with E-state index in [0.29, 0.717) is 13.0 Å².